The molecule has 0 spiro atoms. The Morgan fingerprint density at radius 3 is 2.20 bits per heavy atom. The summed E-state index contributed by atoms with van der Waals surface area (Å²) >= 11 is 0. The third-order valence-electron chi connectivity index (χ3n) is 4.01. The smallest absolute Gasteiger partial charge is 0.119 e. The van der Waals surface area contributed by atoms with Gasteiger partial charge in [0.25, 0.3) is 0 Å². The Balaban J connectivity index is 2.35. The quantitative estimate of drug-likeness (QED) is 0.634. The van der Waals surface area contributed by atoms with Crippen LogP contribution in [0.15, 0.2) is 60.2 Å². The topological polar surface area (TPSA) is 59.1 Å². The minimum absolute atomic E-state index is 0.144. The van der Waals surface area contributed by atoms with Gasteiger partial charge >= 0.3 is 0 Å². The number of hydrogen-bond acceptors (Lipinski definition) is 3. The van der Waals surface area contributed by atoms with Crippen LogP contribution >= 0.6 is 0 Å². The Kier molecular flexibility index (Phi) is 6.81. The highest BCUT2D eigenvalue weighted by Gasteiger charge is 2.13. The summed E-state index contributed by atoms with van der Waals surface area (Å²) in [6.45, 7) is 6.16. The van der Waals surface area contributed by atoms with Crippen LogP contribution in [0.2, 0.25) is 0 Å². The van der Waals surface area contributed by atoms with Crippen LogP contribution in [0.5, 0.6) is 5.75 Å². The highest BCUT2D eigenvalue weighted by atomic mass is 16.5. The first-order valence-electron chi connectivity index (χ1n) is 8.93. The summed E-state index contributed by atoms with van der Waals surface area (Å²) in [5.41, 5.74) is 10.4. The molecule has 3 heteroatoms. The molecule has 0 saturated heterocycles. The summed E-state index contributed by atoms with van der Waals surface area (Å²) in [5.74, 6) is 0.833. The summed E-state index contributed by atoms with van der Waals surface area (Å²) in [6, 6.07) is 17.6. The molecule has 0 aliphatic carbocycles. The van der Waals surface area contributed by atoms with E-state index >= 15 is 0 Å². The first-order chi connectivity index (χ1) is 12.0. The number of nitrogens with two attached hydrogens (primary N) is 1. The van der Waals surface area contributed by atoms with Gasteiger partial charge in [-0.25, -0.2) is 0 Å². The molecule has 0 atom stereocenters. The summed E-state index contributed by atoms with van der Waals surface area (Å²) in [4.78, 5) is 0. The maximum absolute atomic E-state index is 8.62. The molecule has 2 aromatic rings. The Bertz CT molecular complexity index is 715. The highest BCUT2D eigenvalue weighted by molar-refractivity contribution is 6.14. The second-order valence-electron chi connectivity index (χ2n) is 6.43. The lowest BCUT2D eigenvalue weighted by Gasteiger charge is -2.15. The molecule has 2 rings (SSSR count). The molecule has 0 heterocycles. The number of nitrogens with one attached hydrogen (secondary N) is 1. The third kappa shape index (κ3) is 5.21. The van der Waals surface area contributed by atoms with E-state index < -0.39 is 0 Å². The fraction of sp³-hybridized carbons (Fsp3) is 0.318. The number of benzene rings is 2. The monoisotopic (exact) mass is 336 g/mol. The van der Waals surface area contributed by atoms with Crippen molar-refractivity contribution in [3.8, 4) is 5.75 Å². The van der Waals surface area contributed by atoms with Gasteiger partial charge < -0.3 is 10.5 Å². The molecule has 0 aliphatic heterocycles. The predicted molar refractivity (Wildman–Crippen MR) is 106 cm³/mol. The SMILES string of the molecule is CCCCC(C(=N)c1ccccc1)=C(N)c1ccc(OC(C)C)cc1. The van der Waals surface area contributed by atoms with Crippen molar-refractivity contribution in [3.05, 3.63) is 71.3 Å². The predicted octanol–water partition coefficient (Wildman–Crippen LogP) is 5.40. The van der Waals surface area contributed by atoms with Gasteiger partial charge in [-0.1, -0.05) is 43.7 Å². The molecule has 0 bridgehead atoms. The van der Waals surface area contributed by atoms with Crippen LogP contribution < -0.4 is 10.5 Å². The van der Waals surface area contributed by atoms with Gasteiger partial charge in [0.05, 0.1) is 11.8 Å². The molecular formula is C22H28N2O. The van der Waals surface area contributed by atoms with Crippen LogP contribution in [-0.4, -0.2) is 11.8 Å². The minimum Gasteiger partial charge on any atom is -0.491 e. The van der Waals surface area contributed by atoms with E-state index in [4.69, 9.17) is 15.9 Å². The zero-order chi connectivity index (χ0) is 18.2. The summed E-state index contributed by atoms with van der Waals surface area (Å²) in [6.07, 6.45) is 3.03. The van der Waals surface area contributed by atoms with E-state index in [0.29, 0.717) is 11.4 Å². The van der Waals surface area contributed by atoms with E-state index in [0.717, 1.165) is 41.7 Å². The minimum atomic E-state index is 0.144. The molecule has 25 heavy (non-hydrogen) atoms. The molecule has 0 fully saturated rings. The van der Waals surface area contributed by atoms with Crippen LogP contribution in [-0.2, 0) is 0 Å². The molecule has 0 saturated carbocycles. The van der Waals surface area contributed by atoms with Crippen molar-refractivity contribution in [1.29, 1.82) is 5.41 Å². The van der Waals surface area contributed by atoms with Gasteiger partial charge in [-0.3, -0.25) is 5.41 Å². The molecule has 0 unspecified atom stereocenters. The standard InChI is InChI=1S/C22H28N2O/c1-4-5-11-20(21(23)17-9-7-6-8-10-17)22(24)18-12-14-19(15-13-18)25-16(2)3/h6-10,12-16,23H,4-5,11,24H2,1-3H3. The highest BCUT2D eigenvalue weighted by Crippen LogP contribution is 2.24. The number of rotatable bonds is 8. The average molecular weight is 336 g/mol. The van der Waals surface area contributed by atoms with Crippen LogP contribution in [0.1, 0.15) is 51.2 Å². The van der Waals surface area contributed by atoms with Gasteiger partial charge in [0.1, 0.15) is 5.75 Å². The van der Waals surface area contributed by atoms with Gasteiger partial charge in [-0.05, 0) is 62.1 Å². The van der Waals surface area contributed by atoms with Crippen LogP contribution in [0.25, 0.3) is 5.70 Å². The summed E-state index contributed by atoms with van der Waals surface area (Å²) in [5, 5.41) is 8.62. The molecule has 0 aromatic heterocycles. The lowest BCUT2D eigenvalue weighted by Crippen LogP contribution is -2.11. The summed E-state index contributed by atoms with van der Waals surface area (Å²) < 4.78 is 5.69. The zero-order valence-corrected chi connectivity index (χ0v) is 15.4. The van der Waals surface area contributed by atoms with Gasteiger partial charge in [0.2, 0.25) is 0 Å². The van der Waals surface area contributed by atoms with Crippen molar-refractivity contribution in [3.63, 3.8) is 0 Å². The van der Waals surface area contributed by atoms with E-state index in [1.54, 1.807) is 0 Å². The molecule has 2 aromatic carbocycles. The van der Waals surface area contributed by atoms with Crippen molar-refractivity contribution in [2.24, 2.45) is 5.73 Å². The third-order valence-corrected chi connectivity index (χ3v) is 4.01. The number of ether oxygens (including phenoxy) is 1. The fourth-order valence-corrected chi connectivity index (χ4v) is 2.69. The number of allylic oxidation sites excluding steroid dienone is 1. The second kappa shape index (κ2) is 9.07. The Hall–Kier alpha value is -2.55. The molecule has 3 nitrogen and oxygen atoms in total. The first kappa shape index (κ1) is 18.8. The van der Waals surface area contributed by atoms with Crippen LogP contribution in [0.3, 0.4) is 0 Å². The van der Waals surface area contributed by atoms with Gasteiger partial charge in [0.15, 0.2) is 0 Å². The van der Waals surface area contributed by atoms with Crippen LogP contribution in [0.4, 0.5) is 0 Å². The average Bonchev–Trinajstić information content (AvgIpc) is 2.62. The first-order valence-corrected chi connectivity index (χ1v) is 8.93. The van der Waals surface area contributed by atoms with Crippen molar-refractivity contribution in [2.75, 3.05) is 0 Å². The zero-order valence-electron chi connectivity index (χ0n) is 15.4. The van der Waals surface area contributed by atoms with Crippen molar-refractivity contribution >= 4 is 11.4 Å². The molecule has 0 amide bonds. The fourth-order valence-electron chi connectivity index (χ4n) is 2.69. The molecule has 132 valence electrons. The van der Waals surface area contributed by atoms with Crippen molar-refractivity contribution in [2.45, 2.75) is 46.1 Å². The van der Waals surface area contributed by atoms with E-state index in [1.165, 1.54) is 0 Å². The Morgan fingerprint density at radius 1 is 1.00 bits per heavy atom. The number of hydrogen-bond donors (Lipinski definition) is 2. The molecule has 0 aliphatic rings. The largest absolute Gasteiger partial charge is 0.491 e. The number of unbranched alkanes of at least 4 members (excludes halogenated alkanes) is 1. The van der Waals surface area contributed by atoms with Gasteiger partial charge in [-0.15, -0.1) is 0 Å². The maximum atomic E-state index is 8.62. The molecule has 0 radical (unpaired) electrons. The lowest BCUT2D eigenvalue weighted by molar-refractivity contribution is 0.242. The van der Waals surface area contributed by atoms with E-state index in [9.17, 15) is 0 Å². The van der Waals surface area contributed by atoms with Gasteiger partial charge in [0, 0.05) is 11.3 Å². The van der Waals surface area contributed by atoms with Crippen LogP contribution in [0, 0.1) is 5.41 Å². The van der Waals surface area contributed by atoms with E-state index in [2.05, 4.69) is 6.92 Å². The van der Waals surface area contributed by atoms with Gasteiger partial charge in [-0.2, -0.15) is 0 Å². The van der Waals surface area contributed by atoms with E-state index in [-0.39, 0.29) is 6.10 Å². The second-order valence-corrected chi connectivity index (χ2v) is 6.43. The summed E-state index contributed by atoms with van der Waals surface area (Å²) in [7, 11) is 0. The van der Waals surface area contributed by atoms with E-state index in [1.807, 2.05) is 68.4 Å². The van der Waals surface area contributed by atoms with Crippen molar-refractivity contribution in [1.82, 2.24) is 0 Å². The lowest BCUT2D eigenvalue weighted by atomic mass is 9.94. The Labute approximate surface area is 151 Å². The molecule has 3 N–H and O–H groups in total. The normalized spacial score (nSPS) is 12.0. The maximum Gasteiger partial charge on any atom is 0.119 e. The molecular weight excluding hydrogens is 308 g/mol. The van der Waals surface area contributed by atoms with Crippen molar-refractivity contribution < 1.29 is 4.74 Å². The Morgan fingerprint density at radius 2 is 1.64 bits per heavy atom.